The van der Waals surface area contributed by atoms with Gasteiger partial charge in [0.1, 0.15) is 0 Å². The predicted octanol–water partition coefficient (Wildman–Crippen LogP) is 13.3. The molecule has 3 aliphatic rings. The molecule has 7 aromatic carbocycles. The molecule has 0 atom stereocenters. The zero-order valence-electron chi connectivity index (χ0n) is 29.7. The second-order valence-corrected chi connectivity index (χ2v) is 14.1. The minimum Gasteiger partial charge on any atom is -0.336 e. The lowest BCUT2D eigenvalue weighted by molar-refractivity contribution is 0.703. The molecule has 0 amide bonds. The Balaban J connectivity index is 1.41. The van der Waals surface area contributed by atoms with Gasteiger partial charge in [0.15, 0.2) is 0 Å². The van der Waals surface area contributed by atoms with Crippen molar-refractivity contribution in [3.8, 4) is 22.3 Å². The lowest BCUT2D eigenvalue weighted by Gasteiger charge is -2.53. The molecule has 0 saturated heterocycles. The molecule has 1 spiro atoms. The lowest BCUT2D eigenvalue weighted by Crippen LogP contribution is -2.43. The number of anilines is 5. The molecule has 0 aromatic heterocycles. The summed E-state index contributed by atoms with van der Waals surface area (Å²) >= 11 is 0. The van der Waals surface area contributed by atoms with Crippen LogP contribution in [0.3, 0.4) is 0 Å². The van der Waals surface area contributed by atoms with Crippen LogP contribution >= 0.6 is 0 Å². The van der Waals surface area contributed by atoms with E-state index in [0.29, 0.717) is 0 Å². The predicted molar refractivity (Wildman–Crippen MR) is 223 cm³/mol. The molecule has 0 unspecified atom stereocenters. The van der Waals surface area contributed by atoms with Crippen molar-refractivity contribution in [3.63, 3.8) is 0 Å². The highest BCUT2D eigenvalue weighted by atomic mass is 15.2. The summed E-state index contributed by atoms with van der Waals surface area (Å²) < 4.78 is 0. The maximum atomic E-state index is 4.31. The Morgan fingerprint density at radius 3 is 1.96 bits per heavy atom. The van der Waals surface area contributed by atoms with Crippen molar-refractivity contribution < 1.29 is 0 Å². The van der Waals surface area contributed by atoms with Crippen LogP contribution < -0.4 is 9.80 Å². The van der Waals surface area contributed by atoms with E-state index >= 15 is 0 Å². The quantitative estimate of drug-likeness (QED) is 0.167. The van der Waals surface area contributed by atoms with Crippen LogP contribution in [-0.4, -0.2) is 0 Å². The molecule has 2 heteroatoms. The van der Waals surface area contributed by atoms with E-state index in [9.17, 15) is 0 Å². The van der Waals surface area contributed by atoms with Gasteiger partial charge in [0, 0.05) is 23.5 Å². The Morgan fingerprint density at radius 2 is 1.25 bits per heavy atom. The van der Waals surface area contributed by atoms with Crippen molar-refractivity contribution in [2.24, 2.45) is 0 Å². The van der Waals surface area contributed by atoms with Gasteiger partial charge in [-0.2, -0.15) is 0 Å². The molecule has 10 rings (SSSR count). The summed E-state index contributed by atoms with van der Waals surface area (Å²) in [5, 5.41) is 0. The molecule has 2 nitrogen and oxygen atoms in total. The van der Waals surface area contributed by atoms with Crippen LogP contribution in [0, 0.1) is 0 Å². The first-order valence-corrected chi connectivity index (χ1v) is 18.5. The van der Waals surface area contributed by atoms with E-state index in [1.165, 1.54) is 72.8 Å². The first-order valence-electron chi connectivity index (χ1n) is 18.5. The van der Waals surface area contributed by atoms with Crippen LogP contribution in [-0.2, 0) is 12.0 Å². The van der Waals surface area contributed by atoms with E-state index in [2.05, 4.69) is 205 Å². The third-order valence-corrected chi connectivity index (χ3v) is 11.4. The number of hydrogen-bond donors (Lipinski definition) is 0. The summed E-state index contributed by atoms with van der Waals surface area (Å²) in [6.45, 7) is 7.17. The van der Waals surface area contributed by atoms with E-state index < -0.39 is 5.41 Å². The summed E-state index contributed by atoms with van der Waals surface area (Å²) in [4.78, 5) is 5.04. The zero-order valence-corrected chi connectivity index (χ0v) is 29.7. The Morgan fingerprint density at radius 1 is 0.585 bits per heavy atom. The lowest BCUT2D eigenvalue weighted by atomic mass is 9.58. The molecule has 3 aliphatic heterocycles. The van der Waals surface area contributed by atoms with Crippen molar-refractivity contribution in [1.29, 1.82) is 0 Å². The number of rotatable bonds is 5. The van der Waals surface area contributed by atoms with E-state index in [0.717, 1.165) is 23.4 Å². The van der Waals surface area contributed by atoms with Gasteiger partial charge in [0.2, 0.25) is 0 Å². The molecule has 0 saturated carbocycles. The topological polar surface area (TPSA) is 6.48 Å². The second-order valence-electron chi connectivity index (χ2n) is 14.1. The molecule has 0 fully saturated rings. The Hall–Kier alpha value is -6.64. The highest BCUT2D eigenvalue weighted by Gasteiger charge is 2.53. The van der Waals surface area contributed by atoms with E-state index in [1.807, 2.05) is 6.08 Å². The Labute approximate surface area is 311 Å². The number of fused-ring (bicyclic) bond motifs is 10. The van der Waals surface area contributed by atoms with Crippen LogP contribution in [0.4, 0.5) is 28.4 Å². The fourth-order valence-electron chi connectivity index (χ4n) is 9.15. The van der Waals surface area contributed by atoms with Crippen molar-refractivity contribution in [3.05, 3.63) is 228 Å². The molecule has 53 heavy (non-hydrogen) atoms. The summed E-state index contributed by atoms with van der Waals surface area (Å²) in [5.74, 6) is 0. The molecule has 0 bridgehead atoms. The third-order valence-electron chi connectivity index (χ3n) is 11.4. The zero-order chi connectivity index (χ0) is 35.5. The number of hydrogen-bond acceptors (Lipinski definition) is 2. The van der Waals surface area contributed by atoms with Gasteiger partial charge in [-0.3, -0.25) is 0 Å². The molecular weight excluding hydrogens is 641 g/mol. The van der Waals surface area contributed by atoms with Crippen molar-refractivity contribution in [2.45, 2.75) is 18.9 Å². The van der Waals surface area contributed by atoms with Gasteiger partial charge in [0.05, 0.1) is 22.5 Å². The minimum absolute atomic E-state index is 0.645. The smallest absolute Gasteiger partial charge is 0.0783 e. The standard InChI is InChI=1S/C51H38N2/c1-3-5-18-35(4-2)39-31-42-41-24-13-12-21-38(41)34-52-47-30-29-37(36-19-8-6-9-20-36)32-45(47)51(46(33-39)50(42)52)43-25-14-16-27-48(43)53(40-22-10-7-11-23-40)49-28-17-15-26-44(49)51/h3-33H,2,34H2,1H3/b5-3-,35-18+. The summed E-state index contributed by atoms with van der Waals surface area (Å²) in [5.41, 5.74) is 19.1. The number of nitrogens with zero attached hydrogens (tertiary/aromatic N) is 2. The van der Waals surface area contributed by atoms with Gasteiger partial charge >= 0.3 is 0 Å². The summed E-state index contributed by atoms with van der Waals surface area (Å²) in [6.07, 6.45) is 8.38. The minimum atomic E-state index is -0.645. The number of para-hydroxylation sites is 3. The normalized spacial score (nSPS) is 14.6. The summed E-state index contributed by atoms with van der Waals surface area (Å²) in [7, 11) is 0. The average Bonchev–Trinajstić information content (AvgIpc) is 3.23. The Kier molecular flexibility index (Phi) is 7.19. The highest BCUT2D eigenvalue weighted by Crippen LogP contribution is 2.65. The van der Waals surface area contributed by atoms with Gasteiger partial charge in [-0.05, 0) is 111 Å². The fourth-order valence-corrected chi connectivity index (χ4v) is 9.15. The molecule has 252 valence electrons. The molecule has 3 heterocycles. The van der Waals surface area contributed by atoms with Crippen LogP contribution in [0.15, 0.2) is 195 Å². The molecule has 0 aliphatic carbocycles. The van der Waals surface area contributed by atoms with E-state index in [4.69, 9.17) is 0 Å². The second kappa shape index (κ2) is 12.3. The maximum Gasteiger partial charge on any atom is 0.0783 e. The largest absolute Gasteiger partial charge is 0.336 e. The average molecular weight is 679 g/mol. The van der Waals surface area contributed by atoms with Crippen LogP contribution in [0.2, 0.25) is 0 Å². The molecule has 0 radical (unpaired) electrons. The van der Waals surface area contributed by atoms with Crippen LogP contribution in [0.1, 0.15) is 40.3 Å². The monoisotopic (exact) mass is 678 g/mol. The van der Waals surface area contributed by atoms with Gasteiger partial charge in [-0.25, -0.2) is 0 Å². The molecule has 7 aromatic rings. The number of benzene rings is 7. The third kappa shape index (κ3) is 4.52. The highest BCUT2D eigenvalue weighted by molar-refractivity contribution is 6.01. The number of allylic oxidation sites excluding steroid dienone is 5. The summed E-state index contributed by atoms with van der Waals surface area (Å²) in [6, 6.07) is 60.8. The van der Waals surface area contributed by atoms with Gasteiger partial charge in [-0.1, -0.05) is 146 Å². The van der Waals surface area contributed by atoms with Crippen LogP contribution in [0.25, 0.3) is 27.8 Å². The van der Waals surface area contributed by atoms with Crippen LogP contribution in [0.5, 0.6) is 0 Å². The van der Waals surface area contributed by atoms with E-state index in [-0.39, 0.29) is 0 Å². The Bertz CT molecular complexity index is 2580. The fraction of sp³-hybridized carbons (Fsp3) is 0.0588. The van der Waals surface area contributed by atoms with E-state index in [1.54, 1.807) is 0 Å². The van der Waals surface area contributed by atoms with Gasteiger partial charge in [-0.15, -0.1) is 0 Å². The van der Waals surface area contributed by atoms with Gasteiger partial charge < -0.3 is 9.80 Å². The van der Waals surface area contributed by atoms with Gasteiger partial charge in [0.25, 0.3) is 0 Å². The molecular formula is C51H38N2. The first-order chi connectivity index (χ1) is 26.2. The van der Waals surface area contributed by atoms with Crippen molar-refractivity contribution in [1.82, 2.24) is 0 Å². The SMILES string of the molecule is C=C/C(=C\C=C/C)c1cc2c3c(c1)C1(c4cc(-c5ccccc5)ccc4N3Cc3ccccc3-2)c2ccccc2N(c2ccccc2)c2ccccc21. The maximum absolute atomic E-state index is 4.31. The van der Waals surface area contributed by atoms with Crippen molar-refractivity contribution >= 4 is 34.0 Å². The van der Waals surface area contributed by atoms with Crippen molar-refractivity contribution in [2.75, 3.05) is 9.80 Å². The molecule has 0 N–H and O–H groups in total. The first kappa shape index (κ1) is 31.1.